The van der Waals surface area contributed by atoms with Gasteiger partial charge in [0.25, 0.3) is 5.56 Å². The number of hydrogen-bond acceptors (Lipinski definition) is 6. The van der Waals surface area contributed by atoms with Gasteiger partial charge in [-0.1, -0.05) is 98.0 Å². The first-order valence-electron chi connectivity index (χ1n) is 14.2. The average Bonchev–Trinajstić information content (AvgIpc) is 3.53. The summed E-state index contributed by atoms with van der Waals surface area (Å²) in [5.74, 6) is -0.170. The lowest BCUT2D eigenvalue weighted by molar-refractivity contribution is -0.138. The van der Waals surface area contributed by atoms with Gasteiger partial charge in [0.1, 0.15) is 6.54 Å². The summed E-state index contributed by atoms with van der Waals surface area (Å²) < 4.78 is 9.56. The van der Waals surface area contributed by atoms with E-state index in [1.807, 2.05) is 95.7 Å². The molecule has 7 nitrogen and oxygen atoms in total. The number of rotatable bonds is 7. The number of ether oxygens (including phenoxy) is 1. The highest BCUT2D eigenvalue weighted by molar-refractivity contribution is 7.07. The van der Waals surface area contributed by atoms with Crippen LogP contribution in [0.4, 0.5) is 0 Å². The van der Waals surface area contributed by atoms with Crippen molar-refractivity contribution < 1.29 is 9.53 Å². The predicted molar refractivity (Wildman–Crippen MR) is 169 cm³/mol. The molecule has 0 saturated heterocycles. The molecule has 0 radical (unpaired) electrons. The molecule has 0 fully saturated rings. The summed E-state index contributed by atoms with van der Waals surface area (Å²) in [7, 11) is 0. The van der Waals surface area contributed by atoms with Gasteiger partial charge >= 0.3 is 5.97 Å². The number of carbonyl (C=O) groups excluding carboxylic acids is 1. The number of nitriles is 1. The Bertz CT molecular complexity index is 2090. The van der Waals surface area contributed by atoms with E-state index in [9.17, 15) is 14.9 Å². The third kappa shape index (κ3) is 5.13. The molecule has 3 heterocycles. The van der Waals surface area contributed by atoms with Crippen molar-refractivity contribution in [3.63, 3.8) is 0 Å². The van der Waals surface area contributed by atoms with Crippen molar-refractivity contribution in [2.75, 3.05) is 6.61 Å². The Labute approximate surface area is 252 Å². The summed E-state index contributed by atoms with van der Waals surface area (Å²) in [6, 6.07) is 26.9. The van der Waals surface area contributed by atoms with Crippen molar-refractivity contribution in [2.45, 2.75) is 39.3 Å². The van der Waals surface area contributed by atoms with E-state index in [0.717, 1.165) is 33.2 Å². The Morgan fingerprint density at radius 3 is 2.49 bits per heavy atom. The van der Waals surface area contributed by atoms with Crippen molar-refractivity contribution in [3.8, 4) is 6.07 Å². The van der Waals surface area contributed by atoms with Crippen molar-refractivity contribution in [1.82, 2.24) is 9.13 Å². The molecule has 1 aliphatic heterocycles. The van der Waals surface area contributed by atoms with Crippen LogP contribution in [-0.2, 0) is 16.1 Å². The fourth-order valence-electron chi connectivity index (χ4n) is 5.56. The summed E-state index contributed by atoms with van der Waals surface area (Å²) >= 11 is 1.29. The Kier molecular flexibility index (Phi) is 7.66. The van der Waals surface area contributed by atoms with E-state index in [1.165, 1.54) is 11.3 Å². The van der Waals surface area contributed by atoms with Crippen LogP contribution in [0.3, 0.4) is 0 Å². The van der Waals surface area contributed by atoms with Crippen molar-refractivity contribution >= 4 is 40.0 Å². The van der Waals surface area contributed by atoms with Gasteiger partial charge in [-0.05, 0) is 36.1 Å². The minimum absolute atomic E-state index is 0.195. The number of benzene rings is 3. The van der Waals surface area contributed by atoms with E-state index in [2.05, 4.69) is 19.9 Å². The normalized spacial score (nSPS) is 15.0. The van der Waals surface area contributed by atoms with E-state index < -0.39 is 12.0 Å². The number of fused-ring (bicyclic) bond motifs is 2. The first kappa shape index (κ1) is 28.1. The average molecular weight is 587 g/mol. The predicted octanol–water partition coefficient (Wildman–Crippen LogP) is 5.54. The molecule has 3 aromatic carbocycles. The number of hydrogen-bond donors (Lipinski definition) is 0. The zero-order valence-electron chi connectivity index (χ0n) is 24.2. The number of esters is 1. The van der Waals surface area contributed by atoms with Crippen LogP contribution in [0.5, 0.6) is 0 Å². The van der Waals surface area contributed by atoms with E-state index >= 15 is 0 Å². The highest BCUT2D eigenvalue weighted by Gasteiger charge is 2.35. The van der Waals surface area contributed by atoms with Crippen LogP contribution in [0.2, 0.25) is 0 Å². The molecule has 0 N–H and O–H groups in total. The van der Waals surface area contributed by atoms with Gasteiger partial charge in [-0.3, -0.25) is 9.36 Å². The molecule has 0 amide bonds. The van der Waals surface area contributed by atoms with Gasteiger partial charge in [0.05, 0.1) is 34.5 Å². The van der Waals surface area contributed by atoms with Gasteiger partial charge in [0.2, 0.25) is 0 Å². The first-order valence-corrected chi connectivity index (χ1v) is 15.1. The second-order valence-electron chi connectivity index (χ2n) is 10.6. The number of carbonyl (C=O) groups is 1. The quantitative estimate of drug-likeness (QED) is 0.234. The molecule has 0 saturated carbocycles. The van der Waals surface area contributed by atoms with Gasteiger partial charge in [-0.15, -0.1) is 0 Å². The van der Waals surface area contributed by atoms with Gasteiger partial charge in [-0.2, -0.15) is 5.26 Å². The van der Waals surface area contributed by atoms with Crippen LogP contribution < -0.4 is 14.9 Å². The summed E-state index contributed by atoms with van der Waals surface area (Å²) in [5.41, 5.74) is 5.07. The van der Waals surface area contributed by atoms with Crippen LogP contribution in [0.25, 0.3) is 22.7 Å². The largest absolute Gasteiger partial charge is 0.463 e. The SMILES string of the molecule is CCOC(=O)C1=C(c2ccccc2)N=c2s/c(=C/c3cn(CC#N)c4ccccc34)c(=O)n2C1c1ccc(C(C)C)cc1. The Balaban J connectivity index is 1.64. The van der Waals surface area contributed by atoms with E-state index in [-0.39, 0.29) is 18.7 Å². The number of para-hydroxylation sites is 1. The molecular formula is C35H30N4O3S. The zero-order chi connectivity index (χ0) is 30.1. The lowest BCUT2D eigenvalue weighted by atomic mass is 9.91. The Hall–Kier alpha value is -5.00. The minimum atomic E-state index is -0.728. The summed E-state index contributed by atoms with van der Waals surface area (Å²) in [4.78, 5) is 33.4. The van der Waals surface area contributed by atoms with E-state index in [4.69, 9.17) is 9.73 Å². The summed E-state index contributed by atoms with van der Waals surface area (Å²) in [6.07, 6.45) is 3.75. The zero-order valence-corrected chi connectivity index (χ0v) is 25.0. The topological polar surface area (TPSA) is 89.4 Å². The molecule has 1 unspecified atom stereocenters. The Morgan fingerprint density at radius 2 is 1.79 bits per heavy atom. The van der Waals surface area contributed by atoms with E-state index in [0.29, 0.717) is 26.5 Å². The Morgan fingerprint density at radius 1 is 1.07 bits per heavy atom. The van der Waals surface area contributed by atoms with Crippen LogP contribution in [0, 0.1) is 11.3 Å². The lowest BCUT2D eigenvalue weighted by Gasteiger charge is -2.26. The molecule has 1 atom stereocenters. The van der Waals surface area contributed by atoms with Crippen LogP contribution >= 0.6 is 11.3 Å². The van der Waals surface area contributed by atoms with Crippen LogP contribution in [0.1, 0.15) is 55.0 Å². The maximum atomic E-state index is 14.3. The number of aromatic nitrogens is 2. The fraction of sp³-hybridized carbons (Fsp3) is 0.200. The fourth-order valence-corrected chi connectivity index (χ4v) is 6.55. The van der Waals surface area contributed by atoms with Crippen LogP contribution in [0.15, 0.2) is 100 Å². The van der Waals surface area contributed by atoms with Gasteiger partial charge in [-0.25, -0.2) is 9.79 Å². The molecular weight excluding hydrogens is 556 g/mol. The van der Waals surface area contributed by atoms with Gasteiger partial charge < -0.3 is 9.30 Å². The molecule has 5 aromatic rings. The summed E-state index contributed by atoms with van der Waals surface area (Å²) in [6.45, 7) is 6.42. The lowest BCUT2D eigenvalue weighted by Crippen LogP contribution is -2.40. The maximum absolute atomic E-state index is 14.3. The number of nitrogens with zero attached hydrogens (tertiary/aromatic N) is 4. The molecule has 0 spiro atoms. The van der Waals surface area contributed by atoms with E-state index in [1.54, 1.807) is 11.5 Å². The molecule has 0 aliphatic carbocycles. The first-order chi connectivity index (χ1) is 20.9. The third-order valence-corrected chi connectivity index (χ3v) is 8.62. The second-order valence-corrected chi connectivity index (χ2v) is 11.6. The molecule has 6 rings (SSSR count). The van der Waals surface area contributed by atoms with Gasteiger partial charge in [0, 0.05) is 28.2 Å². The molecule has 214 valence electrons. The van der Waals surface area contributed by atoms with Crippen molar-refractivity contribution in [2.24, 2.45) is 4.99 Å². The second kappa shape index (κ2) is 11.7. The third-order valence-electron chi connectivity index (χ3n) is 7.64. The maximum Gasteiger partial charge on any atom is 0.338 e. The smallest absolute Gasteiger partial charge is 0.338 e. The molecule has 1 aliphatic rings. The van der Waals surface area contributed by atoms with Gasteiger partial charge in [0.15, 0.2) is 4.80 Å². The molecule has 43 heavy (non-hydrogen) atoms. The standard InChI is InChI=1S/C35H30N4O3S/c1-4-42-34(41)30-31(24-10-6-5-7-11-24)37-35-39(32(30)25-16-14-23(15-17-25)22(2)3)33(40)29(43-35)20-26-21-38(19-18-36)28-13-9-8-12-27(26)28/h5-17,20-22,32H,4,19H2,1-3H3/b29-20+. The monoisotopic (exact) mass is 586 g/mol. The molecule has 2 aromatic heterocycles. The van der Waals surface area contributed by atoms with Crippen LogP contribution in [-0.4, -0.2) is 21.7 Å². The molecule has 0 bridgehead atoms. The highest BCUT2D eigenvalue weighted by Crippen LogP contribution is 2.35. The molecule has 8 heteroatoms. The summed E-state index contributed by atoms with van der Waals surface area (Å²) in [5, 5.41) is 10.3. The highest BCUT2D eigenvalue weighted by atomic mass is 32.1. The van der Waals surface area contributed by atoms with Crippen molar-refractivity contribution in [1.29, 1.82) is 5.26 Å². The van der Waals surface area contributed by atoms with Crippen molar-refractivity contribution in [3.05, 3.63) is 133 Å². The minimum Gasteiger partial charge on any atom is -0.463 e. The number of thiazole rings is 1.